The minimum atomic E-state index is -1.53. The van der Waals surface area contributed by atoms with E-state index in [-0.39, 0.29) is 16.9 Å². The molecule has 0 radical (unpaired) electrons. The number of carbonyl (C=O) groups is 2. The van der Waals surface area contributed by atoms with Crippen LogP contribution in [0, 0.1) is 5.82 Å². The molecule has 168 valence electrons. The SMILES string of the molecule is COc1ccccc1CN1CCN(C2(c3ccccc3)C(=O)c3cccc(F)c3C2=O)CC1. The largest absolute Gasteiger partial charge is 0.496 e. The number of para-hydroxylation sites is 1. The van der Waals surface area contributed by atoms with Gasteiger partial charge in [-0.1, -0.05) is 60.7 Å². The molecule has 1 fully saturated rings. The molecule has 0 amide bonds. The molecule has 5 rings (SSSR count). The lowest BCUT2D eigenvalue weighted by atomic mass is 9.82. The highest BCUT2D eigenvalue weighted by Gasteiger charge is 2.59. The fourth-order valence-electron chi connectivity index (χ4n) is 5.15. The number of carbonyl (C=O) groups excluding carboxylic acids is 2. The molecule has 1 atom stereocenters. The molecule has 3 aromatic carbocycles. The highest BCUT2D eigenvalue weighted by atomic mass is 19.1. The fraction of sp³-hybridized carbons (Fsp3) is 0.259. The van der Waals surface area contributed by atoms with E-state index in [0.717, 1.165) is 11.3 Å². The van der Waals surface area contributed by atoms with E-state index in [2.05, 4.69) is 4.90 Å². The molecule has 1 aliphatic carbocycles. The van der Waals surface area contributed by atoms with Crippen LogP contribution in [0.3, 0.4) is 0 Å². The Hall–Kier alpha value is -3.35. The summed E-state index contributed by atoms with van der Waals surface area (Å²) in [4.78, 5) is 31.8. The van der Waals surface area contributed by atoms with Crippen molar-refractivity contribution in [2.24, 2.45) is 0 Å². The van der Waals surface area contributed by atoms with Crippen LogP contribution in [-0.2, 0) is 12.1 Å². The molecule has 1 aliphatic heterocycles. The summed E-state index contributed by atoms with van der Waals surface area (Å²) in [6.45, 7) is 3.08. The topological polar surface area (TPSA) is 49.9 Å². The van der Waals surface area contributed by atoms with Crippen molar-refractivity contribution in [3.05, 3.63) is 101 Å². The summed E-state index contributed by atoms with van der Waals surface area (Å²) in [7, 11) is 1.66. The Bertz CT molecular complexity index is 1200. The van der Waals surface area contributed by atoms with Crippen molar-refractivity contribution in [2.75, 3.05) is 33.3 Å². The lowest BCUT2D eigenvalue weighted by molar-refractivity contribution is 0.0277. The van der Waals surface area contributed by atoms with Gasteiger partial charge in [-0.05, 0) is 17.7 Å². The van der Waals surface area contributed by atoms with Gasteiger partial charge in [-0.25, -0.2) is 4.39 Å². The van der Waals surface area contributed by atoms with E-state index in [4.69, 9.17) is 4.74 Å². The van der Waals surface area contributed by atoms with Crippen LogP contribution in [-0.4, -0.2) is 54.7 Å². The monoisotopic (exact) mass is 444 g/mol. The van der Waals surface area contributed by atoms with Gasteiger partial charge in [-0.2, -0.15) is 0 Å². The van der Waals surface area contributed by atoms with E-state index in [0.29, 0.717) is 38.3 Å². The minimum Gasteiger partial charge on any atom is -0.496 e. The number of hydrogen-bond donors (Lipinski definition) is 0. The van der Waals surface area contributed by atoms with E-state index >= 15 is 0 Å². The summed E-state index contributed by atoms with van der Waals surface area (Å²) in [5.41, 5.74) is 0.230. The molecular formula is C27H25FN2O3. The number of benzene rings is 3. The predicted octanol–water partition coefficient (Wildman–Crippen LogP) is 3.93. The second kappa shape index (κ2) is 8.54. The molecule has 33 heavy (non-hydrogen) atoms. The molecule has 0 bridgehead atoms. The van der Waals surface area contributed by atoms with Crippen molar-refractivity contribution in [3.8, 4) is 5.75 Å². The first-order chi connectivity index (χ1) is 16.1. The summed E-state index contributed by atoms with van der Waals surface area (Å²) >= 11 is 0. The van der Waals surface area contributed by atoms with Gasteiger partial charge < -0.3 is 4.74 Å². The van der Waals surface area contributed by atoms with Crippen molar-refractivity contribution in [1.29, 1.82) is 0 Å². The highest BCUT2D eigenvalue weighted by Crippen LogP contribution is 2.43. The number of piperazine rings is 1. The molecule has 0 aromatic heterocycles. The van der Waals surface area contributed by atoms with Crippen molar-refractivity contribution in [2.45, 2.75) is 12.1 Å². The standard InChI is InChI=1S/C27H25FN2O3/c1-33-23-13-6-5-8-19(23)18-29-14-16-30(17-15-29)27(20-9-3-2-4-10-20)25(31)21-11-7-12-22(28)24(21)26(27)32/h2-13H,14-18H2,1H3. The van der Waals surface area contributed by atoms with Gasteiger partial charge in [0.2, 0.25) is 0 Å². The lowest BCUT2D eigenvalue weighted by Gasteiger charge is -2.44. The fourth-order valence-corrected chi connectivity index (χ4v) is 5.15. The Morgan fingerprint density at radius 1 is 0.848 bits per heavy atom. The number of rotatable bonds is 5. The number of ether oxygens (including phenoxy) is 1. The van der Waals surface area contributed by atoms with Gasteiger partial charge in [0.25, 0.3) is 0 Å². The highest BCUT2D eigenvalue weighted by molar-refractivity contribution is 6.33. The molecule has 1 heterocycles. The average Bonchev–Trinajstić information content (AvgIpc) is 3.09. The van der Waals surface area contributed by atoms with Gasteiger partial charge in [0.1, 0.15) is 11.6 Å². The molecule has 1 unspecified atom stereocenters. The second-order valence-electron chi connectivity index (χ2n) is 8.47. The number of hydrogen-bond acceptors (Lipinski definition) is 5. The molecule has 6 heteroatoms. The summed E-state index contributed by atoms with van der Waals surface area (Å²) in [5.74, 6) is -0.609. The third-order valence-electron chi connectivity index (χ3n) is 6.77. The third-order valence-corrected chi connectivity index (χ3v) is 6.77. The number of methoxy groups -OCH3 is 1. The van der Waals surface area contributed by atoms with Crippen LogP contribution in [0.15, 0.2) is 72.8 Å². The van der Waals surface area contributed by atoms with Crippen LogP contribution >= 0.6 is 0 Å². The number of nitrogens with zero attached hydrogens (tertiary/aromatic N) is 2. The molecule has 0 N–H and O–H groups in total. The van der Waals surface area contributed by atoms with Crippen molar-refractivity contribution in [3.63, 3.8) is 0 Å². The minimum absolute atomic E-state index is 0.0946. The molecule has 1 saturated heterocycles. The maximum absolute atomic E-state index is 14.7. The summed E-state index contributed by atoms with van der Waals surface area (Å²) in [6, 6.07) is 21.3. The van der Waals surface area contributed by atoms with E-state index in [9.17, 15) is 14.0 Å². The van der Waals surface area contributed by atoms with E-state index in [1.165, 1.54) is 12.1 Å². The predicted molar refractivity (Wildman–Crippen MR) is 123 cm³/mol. The van der Waals surface area contributed by atoms with E-state index in [1.54, 1.807) is 25.3 Å². The number of Topliss-reactive ketones (excluding diaryl/α,β-unsaturated/α-hetero) is 2. The zero-order chi connectivity index (χ0) is 23.0. The van der Waals surface area contributed by atoms with E-state index < -0.39 is 17.1 Å². The Balaban J connectivity index is 1.47. The van der Waals surface area contributed by atoms with Gasteiger partial charge in [-0.3, -0.25) is 19.4 Å². The first-order valence-electron chi connectivity index (χ1n) is 11.1. The normalized spacial score (nSPS) is 21.3. The average molecular weight is 445 g/mol. The van der Waals surface area contributed by atoms with Gasteiger partial charge in [0.15, 0.2) is 17.1 Å². The third kappa shape index (κ3) is 3.37. The summed E-state index contributed by atoms with van der Waals surface area (Å²) < 4.78 is 20.2. The summed E-state index contributed by atoms with van der Waals surface area (Å²) in [6.07, 6.45) is 0. The first kappa shape index (κ1) is 21.5. The van der Waals surface area contributed by atoms with Crippen LogP contribution in [0.1, 0.15) is 31.8 Å². The lowest BCUT2D eigenvalue weighted by Crippen LogP contribution is -2.60. The maximum atomic E-state index is 14.7. The van der Waals surface area contributed by atoms with Crippen LogP contribution in [0.25, 0.3) is 0 Å². The molecule has 5 nitrogen and oxygen atoms in total. The van der Waals surface area contributed by atoms with E-state index in [1.807, 2.05) is 47.4 Å². The second-order valence-corrected chi connectivity index (χ2v) is 8.47. The quantitative estimate of drug-likeness (QED) is 0.559. The molecule has 2 aliphatic rings. The Labute approximate surface area is 192 Å². The molecular weight excluding hydrogens is 419 g/mol. The van der Waals surface area contributed by atoms with Crippen LogP contribution in [0.5, 0.6) is 5.75 Å². The first-order valence-corrected chi connectivity index (χ1v) is 11.1. The van der Waals surface area contributed by atoms with Gasteiger partial charge >= 0.3 is 0 Å². The van der Waals surface area contributed by atoms with Crippen LogP contribution < -0.4 is 4.74 Å². The number of fused-ring (bicyclic) bond motifs is 1. The van der Waals surface area contributed by atoms with Crippen molar-refractivity contribution >= 4 is 11.6 Å². The Kier molecular flexibility index (Phi) is 5.56. The Morgan fingerprint density at radius 3 is 2.24 bits per heavy atom. The number of halogens is 1. The van der Waals surface area contributed by atoms with Crippen LogP contribution in [0.4, 0.5) is 4.39 Å². The summed E-state index contributed by atoms with van der Waals surface area (Å²) in [5, 5.41) is 0. The molecule has 0 spiro atoms. The van der Waals surface area contributed by atoms with Crippen LogP contribution in [0.2, 0.25) is 0 Å². The zero-order valence-electron chi connectivity index (χ0n) is 18.5. The smallest absolute Gasteiger partial charge is 0.199 e. The maximum Gasteiger partial charge on any atom is 0.199 e. The number of ketones is 2. The molecule has 0 saturated carbocycles. The van der Waals surface area contributed by atoms with Crippen molar-refractivity contribution < 1.29 is 18.7 Å². The van der Waals surface area contributed by atoms with Gasteiger partial charge in [-0.15, -0.1) is 0 Å². The van der Waals surface area contributed by atoms with Gasteiger partial charge in [0.05, 0.1) is 12.7 Å². The van der Waals surface area contributed by atoms with Gasteiger partial charge in [0, 0.05) is 43.9 Å². The Morgan fingerprint density at radius 2 is 1.55 bits per heavy atom. The molecule has 3 aromatic rings. The van der Waals surface area contributed by atoms with Crippen molar-refractivity contribution in [1.82, 2.24) is 9.80 Å². The zero-order valence-corrected chi connectivity index (χ0v) is 18.5.